The zero-order chi connectivity index (χ0) is 26.5. The number of nitrogens with zero attached hydrogens (tertiary/aromatic N) is 2. The fourth-order valence-corrected chi connectivity index (χ4v) is 5.49. The van der Waals surface area contributed by atoms with Crippen LogP contribution in [0, 0.1) is 11.8 Å². The van der Waals surface area contributed by atoms with Crippen molar-refractivity contribution in [2.45, 2.75) is 142 Å². The van der Waals surface area contributed by atoms with Gasteiger partial charge in [0.05, 0.1) is 0 Å². The molecular weight excluding hydrogens is 571 g/mol. The van der Waals surface area contributed by atoms with E-state index in [1.54, 1.807) is 0 Å². The maximum Gasteiger partial charge on any atom is 0.479 e. The van der Waals surface area contributed by atoms with Gasteiger partial charge in [-0.25, -0.2) is 4.67 Å². The van der Waals surface area contributed by atoms with Crippen LogP contribution in [0.2, 0.25) is 0 Å². The molecule has 0 bridgehead atoms. The average molecular weight is 631 g/mol. The summed E-state index contributed by atoms with van der Waals surface area (Å²) in [5, 5.41) is 8.53. The Morgan fingerprint density at radius 1 is 0.622 bits per heavy atom. The van der Waals surface area contributed by atoms with Gasteiger partial charge in [0.15, 0.2) is 0 Å². The van der Waals surface area contributed by atoms with Crippen molar-refractivity contribution in [3.05, 3.63) is 0 Å². The maximum absolute atomic E-state index is 8.87. The Kier molecular flexibility index (Phi) is 32.6. The Morgan fingerprint density at radius 3 is 0.946 bits per heavy atom. The molecule has 0 heterocycles. The molecule has 37 heavy (non-hydrogen) atoms. The van der Waals surface area contributed by atoms with Crippen LogP contribution < -0.4 is 10.2 Å². The summed E-state index contributed by atoms with van der Waals surface area (Å²) in [7, 11) is 5.58. The first-order chi connectivity index (χ1) is 16.7. The van der Waals surface area contributed by atoms with E-state index in [-0.39, 0.29) is 35.6 Å². The molecule has 0 radical (unpaired) electrons. The Morgan fingerprint density at radius 2 is 0.811 bits per heavy atom. The van der Waals surface area contributed by atoms with Gasteiger partial charge in [0.1, 0.15) is 0 Å². The molecule has 0 saturated heterocycles. The molecule has 0 N–H and O–H groups in total. The van der Waals surface area contributed by atoms with Crippen LogP contribution in [0.4, 0.5) is 0 Å². The van der Waals surface area contributed by atoms with Crippen molar-refractivity contribution in [3.63, 3.8) is 0 Å². The van der Waals surface area contributed by atoms with Crippen LogP contribution in [0.5, 0.6) is 0 Å². The van der Waals surface area contributed by atoms with E-state index in [9.17, 15) is 0 Å². The van der Waals surface area contributed by atoms with Crippen LogP contribution >= 0.6 is 8.25 Å². The third kappa shape index (κ3) is 24.5. The van der Waals surface area contributed by atoms with Crippen molar-refractivity contribution in [1.29, 1.82) is 0 Å². The summed E-state index contributed by atoms with van der Waals surface area (Å²) >= 11 is 0. The minimum Gasteiger partial charge on any atom is -0.674 e. The predicted octanol–water partition coefficient (Wildman–Crippen LogP) is 6.69. The number of hydrogen-bond acceptors (Lipinski definition) is 6. The molecule has 4 aliphatic rings. The van der Waals surface area contributed by atoms with Crippen LogP contribution in [-0.4, -0.2) is 50.1 Å². The van der Waals surface area contributed by atoms with E-state index in [0.29, 0.717) is 0 Å². The molecule has 3 unspecified atom stereocenters. The minimum absolute atomic E-state index is 0. The van der Waals surface area contributed by atoms with E-state index < -0.39 is 8.25 Å². The summed E-state index contributed by atoms with van der Waals surface area (Å²) in [6, 6.07) is 1.59. The molecule has 0 aromatic rings. The van der Waals surface area contributed by atoms with Crippen LogP contribution in [0.1, 0.15) is 131 Å². The summed E-state index contributed by atoms with van der Waals surface area (Å²) in [4.78, 5) is 13.6. The first kappa shape index (κ1) is 42.4. The van der Waals surface area contributed by atoms with Crippen molar-refractivity contribution in [2.24, 2.45) is 11.8 Å². The van der Waals surface area contributed by atoms with Gasteiger partial charge in [0.25, 0.3) is 0 Å². The van der Waals surface area contributed by atoms with Crippen molar-refractivity contribution in [3.8, 4) is 0 Å². The summed E-state index contributed by atoms with van der Waals surface area (Å²) in [6.07, 6.45) is 26.7. The van der Waals surface area contributed by atoms with Gasteiger partial charge in [0.2, 0.25) is 0 Å². The second-order valence-electron chi connectivity index (χ2n) is 11.3. The minimum atomic E-state index is -3.15. The van der Waals surface area contributed by atoms with Crippen LogP contribution in [0.25, 0.3) is 0 Å². The Labute approximate surface area is 253 Å². The maximum atomic E-state index is 8.87. The van der Waals surface area contributed by atoms with E-state index in [0.717, 1.165) is 23.9 Å². The molecule has 4 fully saturated rings. The molecule has 3 atom stereocenters. The van der Waals surface area contributed by atoms with Gasteiger partial charge in [-0.1, -0.05) is 89.9 Å². The molecule has 4 rings (SSSR count). The predicted molar refractivity (Wildman–Crippen MR) is 147 cm³/mol. The summed E-state index contributed by atoms with van der Waals surface area (Å²) in [5.41, 5.74) is 0. The number of hydrogen-bond donors (Lipinski definition) is 0. The topological polar surface area (TPSA) is 78.9 Å². The van der Waals surface area contributed by atoms with E-state index in [4.69, 9.17) is 14.7 Å². The van der Waals surface area contributed by atoms with Crippen molar-refractivity contribution >= 4 is 8.25 Å². The molecule has 0 spiro atoms. The SMILES string of the molecule is C1CCCC1.C1CCCC1.CC(C1CCCC1)N(C)C.CC(C1CCCC1)N(C)C.O=[P+]([O-])O[O-].[Fe].[Fe].[HH]. The van der Waals surface area contributed by atoms with E-state index in [1.165, 1.54) is 116 Å². The normalized spacial score (nSPS) is 21.0. The van der Waals surface area contributed by atoms with Gasteiger partial charge in [0, 0.05) is 47.6 Å². The first-order valence-corrected chi connectivity index (χ1v) is 15.6. The zero-order valence-electron chi connectivity index (χ0n) is 24.7. The molecule has 9 heteroatoms. The average Bonchev–Trinajstić information content (AvgIpc) is 3.67. The van der Waals surface area contributed by atoms with Gasteiger partial charge >= 0.3 is 8.25 Å². The Balaban J connectivity index is -0.000000194. The standard InChI is InChI=1S/2C9H19N.2C5H10.2Fe.HO4P.H2/c2*1-8(10(2)3)9-6-4-5-7-9;2*1-2-4-5-3-1;;;1-4-5(2)3;/h2*8-9H,4-7H2,1-3H3;2*1-5H2;;;1H;1H/p-1. The molecule has 4 saturated carbocycles. The quantitative estimate of drug-likeness (QED) is 0.146. The van der Waals surface area contributed by atoms with Crippen LogP contribution in [0.3, 0.4) is 0 Å². The van der Waals surface area contributed by atoms with Gasteiger partial charge in [-0.15, -0.1) is 0 Å². The van der Waals surface area contributed by atoms with Crippen molar-refractivity contribution in [1.82, 2.24) is 9.80 Å². The summed E-state index contributed by atoms with van der Waals surface area (Å²) in [6.45, 7) is 4.69. The van der Waals surface area contributed by atoms with E-state index in [1.807, 2.05) is 0 Å². The zero-order valence-corrected chi connectivity index (χ0v) is 27.8. The molecular formula is C28H60Fe2N2O4P-. The third-order valence-electron chi connectivity index (χ3n) is 8.35. The van der Waals surface area contributed by atoms with Crippen LogP contribution in [-0.2, 0) is 43.4 Å². The molecule has 6 nitrogen and oxygen atoms in total. The van der Waals surface area contributed by atoms with E-state index >= 15 is 0 Å². The summed E-state index contributed by atoms with van der Waals surface area (Å²) in [5.74, 6) is 1.96. The van der Waals surface area contributed by atoms with Crippen LogP contribution in [0.15, 0.2) is 0 Å². The second-order valence-corrected chi connectivity index (χ2v) is 11.9. The third-order valence-corrected chi connectivity index (χ3v) is 8.48. The summed E-state index contributed by atoms with van der Waals surface area (Å²) < 4.78 is 11.3. The fraction of sp³-hybridized carbons (Fsp3) is 1.00. The second kappa shape index (κ2) is 28.5. The van der Waals surface area contributed by atoms with Crippen molar-refractivity contribution in [2.75, 3.05) is 28.2 Å². The molecule has 228 valence electrons. The van der Waals surface area contributed by atoms with Gasteiger partial charge in [-0.2, -0.15) is 0 Å². The Bertz CT molecular complexity index is 440. The van der Waals surface area contributed by atoms with Gasteiger partial charge in [-0.05, 0) is 84.1 Å². The first-order valence-electron chi connectivity index (χ1n) is 14.5. The molecule has 0 aromatic heterocycles. The fourth-order valence-electron chi connectivity index (χ4n) is 5.49. The molecule has 0 aliphatic heterocycles. The van der Waals surface area contributed by atoms with Gasteiger partial charge < -0.3 is 20.0 Å². The monoisotopic (exact) mass is 631 g/mol. The molecule has 0 amide bonds. The largest absolute Gasteiger partial charge is 0.674 e. The molecule has 0 aromatic carbocycles. The van der Waals surface area contributed by atoms with Crippen molar-refractivity contribution < 1.29 is 55.0 Å². The molecule has 4 aliphatic carbocycles. The van der Waals surface area contributed by atoms with Gasteiger partial charge in [-0.3, -0.25) is 0 Å². The smallest absolute Gasteiger partial charge is 0.479 e. The van der Waals surface area contributed by atoms with E-state index in [2.05, 4.69) is 56.5 Å². The number of rotatable bonds is 5. The Hall–Kier alpha value is 0.939.